The highest BCUT2D eigenvalue weighted by Crippen LogP contribution is 2.27. The predicted octanol–water partition coefficient (Wildman–Crippen LogP) is 2.85. The predicted molar refractivity (Wildman–Crippen MR) is 65.1 cm³/mol. The Morgan fingerprint density at radius 1 is 1.29 bits per heavy atom. The van der Waals surface area contributed by atoms with Gasteiger partial charge in [0.05, 0.1) is 9.88 Å². The molecular weight excluding hydrogens is 242 g/mol. The first-order valence-corrected chi connectivity index (χ1v) is 6.07. The third-order valence-corrected chi connectivity index (χ3v) is 3.45. The van der Waals surface area contributed by atoms with Crippen molar-refractivity contribution < 1.29 is 8.78 Å². The van der Waals surface area contributed by atoms with Gasteiger partial charge in [-0.25, -0.2) is 13.8 Å². The van der Waals surface area contributed by atoms with Crippen molar-refractivity contribution in [2.24, 2.45) is 0 Å². The summed E-state index contributed by atoms with van der Waals surface area (Å²) in [6, 6.07) is 3.90. The molecule has 0 aliphatic rings. The number of nitrogens with zero attached hydrogens (tertiary/aromatic N) is 1. The summed E-state index contributed by atoms with van der Waals surface area (Å²) in [6.45, 7) is 0.852. The second-order valence-electron chi connectivity index (χ2n) is 3.60. The summed E-state index contributed by atoms with van der Waals surface area (Å²) in [4.78, 5) is 5.10. The molecule has 0 spiro atoms. The smallest absolute Gasteiger partial charge is 0.159 e. The van der Waals surface area contributed by atoms with Crippen LogP contribution in [0.1, 0.15) is 5.01 Å². The zero-order valence-electron chi connectivity index (χ0n) is 9.34. The van der Waals surface area contributed by atoms with Gasteiger partial charge in [-0.05, 0) is 24.7 Å². The second kappa shape index (κ2) is 5.33. The minimum Gasteiger partial charge on any atom is -0.319 e. The Labute approximate surface area is 102 Å². The highest BCUT2D eigenvalue weighted by Gasteiger charge is 2.07. The molecule has 0 saturated heterocycles. The maximum Gasteiger partial charge on any atom is 0.159 e. The van der Waals surface area contributed by atoms with Crippen LogP contribution in [-0.2, 0) is 6.42 Å². The molecule has 5 heteroatoms. The molecule has 0 amide bonds. The van der Waals surface area contributed by atoms with Crippen molar-refractivity contribution in [2.75, 3.05) is 13.6 Å². The summed E-state index contributed by atoms with van der Waals surface area (Å²) in [5, 5.41) is 4.02. The second-order valence-corrected chi connectivity index (χ2v) is 4.72. The number of rotatable bonds is 4. The standard InChI is InChI=1S/C12H12F2N2S/c1-15-5-4-12-16-7-11(17-12)8-2-3-9(13)10(14)6-8/h2-3,6-7,15H,4-5H2,1H3. The van der Waals surface area contributed by atoms with Gasteiger partial charge < -0.3 is 5.32 Å². The molecule has 1 aromatic carbocycles. The monoisotopic (exact) mass is 254 g/mol. The van der Waals surface area contributed by atoms with Gasteiger partial charge in [-0.2, -0.15) is 0 Å². The van der Waals surface area contributed by atoms with Crippen molar-refractivity contribution in [3.8, 4) is 10.4 Å². The highest BCUT2D eigenvalue weighted by molar-refractivity contribution is 7.15. The Morgan fingerprint density at radius 3 is 2.82 bits per heavy atom. The molecule has 0 atom stereocenters. The van der Waals surface area contributed by atoms with E-state index in [0.717, 1.165) is 28.9 Å². The first-order valence-electron chi connectivity index (χ1n) is 5.25. The molecule has 1 heterocycles. The molecule has 90 valence electrons. The molecule has 0 unspecified atom stereocenters. The molecule has 0 aliphatic heterocycles. The number of likely N-dealkylation sites (N-methyl/N-ethyl adjacent to an activating group) is 1. The zero-order chi connectivity index (χ0) is 12.3. The van der Waals surface area contributed by atoms with Gasteiger partial charge in [0.1, 0.15) is 0 Å². The number of hydrogen-bond acceptors (Lipinski definition) is 3. The number of thiazole rings is 1. The highest BCUT2D eigenvalue weighted by atomic mass is 32.1. The van der Waals surface area contributed by atoms with Crippen LogP contribution in [-0.4, -0.2) is 18.6 Å². The SMILES string of the molecule is CNCCc1ncc(-c2ccc(F)c(F)c2)s1. The molecule has 1 aromatic heterocycles. The van der Waals surface area contributed by atoms with E-state index < -0.39 is 11.6 Å². The third-order valence-electron chi connectivity index (χ3n) is 2.35. The van der Waals surface area contributed by atoms with Crippen LogP contribution in [0.15, 0.2) is 24.4 Å². The molecule has 0 aliphatic carbocycles. The maximum atomic E-state index is 13.1. The Bertz CT molecular complexity index is 511. The van der Waals surface area contributed by atoms with Gasteiger partial charge >= 0.3 is 0 Å². The largest absolute Gasteiger partial charge is 0.319 e. The van der Waals surface area contributed by atoms with Crippen LogP contribution in [0.4, 0.5) is 8.78 Å². The molecule has 2 nitrogen and oxygen atoms in total. The summed E-state index contributed by atoms with van der Waals surface area (Å²) < 4.78 is 25.9. The van der Waals surface area contributed by atoms with E-state index >= 15 is 0 Å². The van der Waals surface area contributed by atoms with Gasteiger partial charge in [0.15, 0.2) is 11.6 Å². The van der Waals surface area contributed by atoms with E-state index in [9.17, 15) is 8.78 Å². The maximum absolute atomic E-state index is 13.1. The van der Waals surface area contributed by atoms with Crippen LogP contribution >= 0.6 is 11.3 Å². The first kappa shape index (κ1) is 12.1. The minimum atomic E-state index is -0.826. The minimum absolute atomic E-state index is 0.664. The zero-order valence-corrected chi connectivity index (χ0v) is 10.2. The molecule has 17 heavy (non-hydrogen) atoms. The van der Waals surface area contributed by atoms with E-state index in [-0.39, 0.29) is 0 Å². The van der Waals surface area contributed by atoms with E-state index in [1.54, 1.807) is 12.3 Å². The third kappa shape index (κ3) is 2.87. The lowest BCUT2D eigenvalue weighted by molar-refractivity contribution is 0.509. The first-order chi connectivity index (χ1) is 8.20. The lowest BCUT2D eigenvalue weighted by Crippen LogP contribution is -2.09. The summed E-state index contributed by atoms with van der Waals surface area (Å²) >= 11 is 1.50. The van der Waals surface area contributed by atoms with Crippen molar-refractivity contribution in [3.63, 3.8) is 0 Å². The van der Waals surface area contributed by atoms with Crippen molar-refractivity contribution in [1.82, 2.24) is 10.3 Å². The molecule has 0 bridgehead atoms. The molecule has 2 aromatic rings. The Hall–Kier alpha value is -1.33. The topological polar surface area (TPSA) is 24.9 Å². The van der Waals surface area contributed by atoms with Crippen LogP contribution in [0.25, 0.3) is 10.4 Å². The lowest BCUT2D eigenvalue weighted by atomic mass is 10.2. The van der Waals surface area contributed by atoms with Crippen LogP contribution in [0.3, 0.4) is 0 Å². The van der Waals surface area contributed by atoms with Crippen molar-refractivity contribution in [2.45, 2.75) is 6.42 Å². The van der Waals surface area contributed by atoms with Gasteiger partial charge in [0.25, 0.3) is 0 Å². The lowest BCUT2D eigenvalue weighted by Gasteiger charge is -1.97. The fourth-order valence-electron chi connectivity index (χ4n) is 1.44. The van der Waals surface area contributed by atoms with Gasteiger partial charge in [-0.1, -0.05) is 6.07 Å². The van der Waals surface area contributed by atoms with Gasteiger partial charge in [-0.3, -0.25) is 0 Å². The summed E-state index contributed by atoms with van der Waals surface area (Å²) in [6.07, 6.45) is 2.53. The molecular formula is C12H12F2N2S. The fourth-order valence-corrected chi connectivity index (χ4v) is 2.35. The van der Waals surface area contributed by atoms with Crippen LogP contribution in [0.2, 0.25) is 0 Å². The quantitative estimate of drug-likeness (QED) is 0.907. The Kier molecular flexibility index (Phi) is 3.81. The molecule has 0 saturated carbocycles. The number of aromatic nitrogens is 1. The number of benzene rings is 1. The number of hydrogen-bond donors (Lipinski definition) is 1. The average molecular weight is 254 g/mol. The molecule has 1 N–H and O–H groups in total. The fraction of sp³-hybridized carbons (Fsp3) is 0.250. The van der Waals surface area contributed by atoms with E-state index in [1.165, 1.54) is 17.4 Å². The van der Waals surface area contributed by atoms with Crippen LogP contribution in [0, 0.1) is 11.6 Å². The molecule has 0 radical (unpaired) electrons. The number of nitrogens with one attached hydrogen (secondary N) is 1. The van der Waals surface area contributed by atoms with Crippen LogP contribution in [0.5, 0.6) is 0 Å². The van der Waals surface area contributed by atoms with Crippen molar-refractivity contribution in [3.05, 3.63) is 41.0 Å². The Balaban J connectivity index is 2.21. The molecule has 2 rings (SSSR count). The van der Waals surface area contributed by atoms with E-state index in [1.807, 2.05) is 7.05 Å². The van der Waals surface area contributed by atoms with Crippen molar-refractivity contribution >= 4 is 11.3 Å². The van der Waals surface area contributed by atoms with Crippen LogP contribution < -0.4 is 5.32 Å². The average Bonchev–Trinajstić information content (AvgIpc) is 2.79. The van der Waals surface area contributed by atoms with Crippen molar-refractivity contribution in [1.29, 1.82) is 0 Å². The normalized spacial score (nSPS) is 10.8. The van der Waals surface area contributed by atoms with E-state index in [4.69, 9.17) is 0 Å². The van der Waals surface area contributed by atoms with E-state index in [2.05, 4.69) is 10.3 Å². The number of halogens is 2. The van der Waals surface area contributed by atoms with Gasteiger partial charge in [0, 0.05) is 19.2 Å². The summed E-state index contributed by atoms with van der Waals surface area (Å²) in [7, 11) is 1.88. The molecule has 0 fully saturated rings. The summed E-state index contributed by atoms with van der Waals surface area (Å²) in [5.41, 5.74) is 0.664. The van der Waals surface area contributed by atoms with Gasteiger partial charge in [-0.15, -0.1) is 11.3 Å². The van der Waals surface area contributed by atoms with Gasteiger partial charge in [0.2, 0.25) is 0 Å². The van der Waals surface area contributed by atoms with E-state index in [0.29, 0.717) is 5.56 Å². The Morgan fingerprint density at radius 2 is 2.12 bits per heavy atom. The summed E-state index contributed by atoms with van der Waals surface area (Å²) in [5.74, 6) is -1.65.